The maximum atomic E-state index is 13.6. The van der Waals surface area contributed by atoms with E-state index < -0.39 is 0 Å². The number of fused-ring (bicyclic) bond motifs is 1. The van der Waals surface area contributed by atoms with E-state index in [1.807, 2.05) is 83.9 Å². The summed E-state index contributed by atoms with van der Waals surface area (Å²) in [5, 5.41) is 4.76. The number of para-hydroxylation sites is 2. The fourth-order valence-corrected chi connectivity index (χ4v) is 4.54. The third-order valence-corrected chi connectivity index (χ3v) is 6.80. The number of urea groups is 1. The number of hydrogen-bond donors (Lipinski definition) is 2. The van der Waals surface area contributed by atoms with Gasteiger partial charge in [-0.3, -0.25) is 4.79 Å². The largest absolute Gasteiger partial charge is 0.361 e. The Labute approximate surface area is 215 Å². The van der Waals surface area contributed by atoms with Gasteiger partial charge in [0.1, 0.15) is 6.54 Å². The lowest BCUT2D eigenvalue weighted by Crippen LogP contribution is -2.45. The fraction of sp³-hybridized carbons (Fsp3) is 0.241. The van der Waals surface area contributed by atoms with Crippen molar-refractivity contribution in [1.82, 2.24) is 14.8 Å². The quantitative estimate of drug-likeness (QED) is 0.292. The minimum atomic E-state index is -0.236. The number of aromatic amines is 1. The van der Waals surface area contributed by atoms with Crippen molar-refractivity contribution in [2.24, 2.45) is 0 Å². The van der Waals surface area contributed by atoms with Gasteiger partial charge in [0.2, 0.25) is 5.91 Å². The molecule has 184 valence electrons. The first-order chi connectivity index (χ1) is 17.6. The standard InChI is InChI=1S/C29H29ClN4O2/c30-23-12-10-21(11-13-23)19-33(17-16-22-18-31-27-9-5-4-8-26(22)27)28(35)20-34(25-14-15-25)29(36)32-24-6-2-1-3-7-24/h1-13,18,25,31H,14-17,19-20H2,(H,32,36). The second-order valence-electron chi connectivity index (χ2n) is 9.21. The molecule has 1 aliphatic rings. The zero-order valence-corrected chi connectivity index (χ0v) is 20.7. The summed E-state index contributed by atoms with van der Waals surface area (Å²) >= 11 is 6.07. The van der Waals surface area contributed by atoms with Gasteiger partial charge in [0, 0.05) is 46.9 Å². The van der Waals surface area contributed by atoms with Crippen molar-refractivity contribution >= 4 is 40.1 Å². The molecule has 3 aromatic carbocycles. The lowest BCUT2D eigenvalue weighted by Gasteiger charge is -2.28. The van der Waals surface area contributed by atoms with Gasteiger partial charge in [-0.05, 0) is 60.7 Å². The lowest BCUT2D eigenvalue weighted by atomic mass is 10.1. The smallest absolute Gasteiger partial charge is 0.322 e. The highest BCUT2D eigenvalue weighted by Gasteiger charge is 2.35. The van der Waals surface area contributed by atoms with Crippen molar-refractivity contribution in [1.29, 1.82) is 0 Å². The van der Waals surface area contributed by atoms with Crippen LogP contribution in [-0.2, 0) is 17.8 Å². The van der Waals surface area contributed by atoms with Gasteiger partial charge in [0.15, 0.2) is 0 Å². The maximum absolute atomic E-state index is 13.6. The molecule has 4 aromatic rings. The number of benzene rings is 3. The van der Waals surface area contributed by atoms with Crippen molar-refractivity contribution in [2.75, 3.05) is 18.4 Å². The van der Waals surface area contributed by atoms with Crippen LogP contribution in [0.3, 0.4) is 0 Å². The van der Waals surface area contributed by atoms with Crippen molar-refractivity contribution in [3.8, 4) is 0 Å². The van der Waals surface area contributed by atoms with Crippen LogP contribution < -0.4 is 5.32 Å². The Morgan fingerprint density at radius 3 is 2.42 bits per heavy atom. The van der Waals surface area contributed by atoms with Gasteiger partial charge in [-0.2, -0.15) is 0 Å². The maximum Gasteiger partial charge on any atom is 0.322 e. The van der Waals surface area contributed by atoms with Crippen LogP contribution in [0.25, 0.3) is 10.9 Å². The molecular formula is C29H29ClN4O2. The molecule has 0 radical (unpaired) electrons. The van der Waals surface area contributed by atoms with Gasteiger partial charge >= 0.3 is 6.03 Å². The van der Waals surface area contributed by atoms with Crippen LogP contribution in [0, 0.1) is 0 Å². The molecule has 0 atom stereocenters. The number of amides is 3. The van der Waals surface area contributed by atoms with Crippen LogP contribution in [0.4, 0.5) is 10.5 Å². The summed E-state index contributed by atoms with van der Waals surface area (Å²) < 4.78 is 0. The Morgan fingerprint density at radius 1 is 0.944 bits per heavy atom. The van der Waals surface area contributed by atoms with Crippen molar-refractivity contribution in [2.45, 2.75) is 31.8 Å². The average Bonchev–Trinajstić information content (AvgIpc) is 3.66. The molecule has 36 heavy (non-hydrogen) atoms. The summed E-state index contributed by atoms with van der Waals surface area (Å²) in [6.45, 7) is 1.05. The predicted octanol–water partition coefficient (Wildman–Crippen LogP) is 6.09. The number of nitrogens with zero attached hydrogens (tertiary/aromatic N) is 2. The Bertz CT molecular complexity index is 1330. The predicted molar refractivity (Wildman–Crippen MR) is 144 cm³/mol. The van der Waals surface area contributed by atoms with Crippen LogP contribution in [0.5, 0.6) is 0 Å². The molecule has 5 rings (SSSR count). The SMILES string of the molecule is O=C(CN(C(=O)Nc1ccccc1)C1CC1)N(CCc1c[nH]c2ccccc12)Cc1ccc(Cl)cc1. The molecular weight excluding hydrogens is 472 g/mol. The molecule has 1 fully saturated rings. The van der Waals surface area contributed by atoms with E-state index in [0.29, 0.717) is 24.5 Å². The Morgan fingerprint density at radius 2 is 1.67 bits per heavy atom. The van der Waals surface area contributed by atoms with Crippen LogP contribution in [0.1, 0.15) is 24.0 Å². The molecule has 2 N–H and O–H groups in total. The number of hydrogen-bond acceptors (Lipinski definition) is 2. The Kier molecular flexibility index (Phi) is 7.23. The minimum absolute atomic E-state index is 0.0464. The molecule has 0 aliphatic heterocycles. The fourth-order valence-electron chi connectivity index (χ4n) is 4.41. The minimum Gasteiger partial charge on any atom is -0.361 e. The van der Waals surface area contributed by atoms with Crippen molar-refractivity contribution in [3.05, 3.63) is 101 Å². The van der Waals surface area contributed by atoms with Gasteiger partial charge < -0.3 is 20.1 Å². The van der Waals surface area contributed by atoms with Crippen molar-refractivity contribution in [3.63, 3.8) is 0 Å². The summed E-state index contributed by atoms with van der Waals surface area (Å²) in [6.07, 6.45) is 4.56. The van der Waals surface area contributed by atoms with E-state index in [1.54, 1.807) is 4.90 Å². The van der Waals surface area contributed by atoms with Crippen molar-refractivity contribution < 1.29 is 9.59 Å². The number of carbonyl (C=O) groups is 2. The molecule has 0 bridgehead atoms. The number of carbonyl (C=O) groups excluding carboxylic acids is 2. The van der Waals surface area contributed by atoms with Gasteiger partial charge in [-0.1, -0.05) is 60.1 Å². The molecule has 1 heterocycles. The molecule has 1 aliphatic carbocycles. The third-order valence-electron chi connectivity index (χ3n) is 6.54. The average molecular weight is 501 g/mol. The molecule has 0 unspecified atom stereocenters. The highest BCUT2D eigenvalue weighted by molar-refractivity contribution is 6.30. The number of rotatable bonds is 9. The number of anilines is 1. The normalized spacial score (nSPS) is 12.9. The first kappa shape index (κ1) is 23.9. The van der Waals surface area contributed by atoms with Crippen LogP contribution >= 0.6 is 11.6 Å². The van der Waals surface area contributed by atoms with Gasteiger partial charge in [-0.15, -0.1) is 0 Å². The topological polar surface area (TPSA) is 68.4 Å². The van der Waals surface area contributed by atoms with Crippen LogP contribution in [0.15, 0.2) is 85.1 Å². The zero-order valence-electron chi connectivity index (χ0n) is 20.0. The number of halogens is 1. The molecule has 3 amide bonds. The lowest BCUT2D eigenvalue weighted by molar-refractivity contribution is -0.132. The Balaban J connectivity index is 1.31. The number of nitrogens with one attached hydrogen (secondary N) is 2. The third kappa shape index (κ3) is 5.89. The van der Waals surface area contributed by atoms with Crippen LogP contribution in [0.2, 0.25) is 5.02 Å². The van der Waals surface area contributed by atoms with E-state index in [9.17, 15) is 9.59 Å². The van der Waals surface area contributed by atoms with E-state index in [-0.39, 0.29) is 24.5 Å². The van der Waals surface area contributed by atoms with Gasteiger partial charge in [0.25, 0.3) is 0 Å². The summed E-state index contributed by atoms with van der Waals surface area (Å²) in [4.78, 5) is 33.5. The monoisotopic (exact) mass is 500 g/mol. The summed E-state index contributed by atoms with van der Waals surface area (Å²) in [5.74, 6) is -0.0695. The first-order valence-corrected chi connectivity index (χ1v) is 12.6. The zero-order chi connectivity index (χ0) is 24.9. The molecule has 0 spiro atoms. The highest BCUT2D eigenvalue weighted by Crippen LogP contribution is 2.28. The van der Waals surface area contributed by atoms with E-state index in [4.69, 9.17) is 11.6 Å². The summed E-state index contributed by atoms with van der Waals surface area (Å²) in [5.41, 5.74) is 3.97. The molecule has 6 nitrogen and oxygen atoms in total. The number of aromatic nitrogens is 1. The van der Waals surface area contributed by atoms with Gasteiger partial charge in [-0.25, -0.2) is 4.79 Å². The van der Waals surface area contributed by atoms with E-state index in [1.165, 1.54) is 10.9 Å². The number of H-pyrrole nitrogens is 1. The first-order valence-electron chi connectivity index (χ1n) is 12.3. The Hall–Kier alpha value is -3.77. The molecule has 0 saturated heterocycles. The molecule has 7 heteroatoms. The molecule has 1 aromatic heterocycles. The second-order valence-corrected chi connectivity index (χ2v) is 9.64. The van der Waals surface area contributed by atoms with Crippen LogP contribution in [-0.4, -0.2) is 45.9 Å². The van der Waals surface area contributed by atoms with E-state index in [2.05, 4.69) is 16.4 Å². The van der Waals surface area contributed by atoms with Gasteiger partial charge in [0.05, 0.1) is 0 Å². The highest BCUT2D eigenvalue weighted by atomic mass is 35.5. The molecule has 1 saturated carbocycles. The summed E-state index contributed by atoms with van der Waals surface area (Å²) in [6, 6.07) is 24.9. The van der Waals surface area contributed by atoms with E-state index >= 15 is 0 Å². The van der Waals surface area contributed by atoms with E-state index in [0.717, 1.165) is 29.6 Å². The summed E-state index contributed by atoms with van der Waals surface area (Å²) in [7, 11) is 0. The second kappa shape index (κ2) is 10.9.